The minimum absolute atomic E-state index is 0.00967. The molecule has 0 unspecified atom stereocenters. The summed E-state index contributed by atoms with van der Waals surface area (Å²) in [5.74, 6) is -0.168. The minimum atomic E-state index is -0.318. The maximum Gasteiger partial charge on any atom is 0.322 e. The van der Waals surface area contributed by atoms with Crippen molar-refractivity contribution in [1.82, 2.24) is 10.2 Å². The fourth-order valence-electron chi connectivity index (χ4n) is 3.29. The summed E-state index contributed by atoms with van der Waals surface area (Å²) >= 11 is 1.65. The summed E-state index contributed by atoms with van der Waals surface area (Å²) in [5, 5.41) is 10.6. The van der Waals surface area contributed by atoms with Crippen LogP contribution in [0.4, 0.5) is 11.7 Å². The molecule has 0 saturated carbocycles. The van der Waals surface area contributed by atoms with Crippen molar-refractivity contribution in [2.45, 2.75) is 24.2 Å². The first-order valence-electron chi connectivity index (χ1n) is 9.19. The number of nitrogens with zero attached hydrogens (tertiary/aromatic N) is 3. The maximum absolute atomic E-state index is 12.5. The number of rotatable bonds is 5. The fourth-order valence-corrected chi connectivity index (χ4v) is 3.70. The highest BCUT2D eigenvalue weighted by Gasteiger charge is 2.35. The molecule has 29 heavy (non-hydrogen) atoms. The molecule has 1 aliphatic rings. The van der Waals surface area contributed by atoms with Gasteiger partial charge in [-0.05, 0) is 49.6 Å². The first kappa shape index (κ1) is 19.2. The van der Waals surface area contributed by atoms with Crippen molar-refractivity contribution in [2.75, 3.05) is 23.0 Å². The summed E-state index contributed by atoms with van der Waals surface area (Å²) in [7, 11) is 0. The molecule has 8 heteroatoms. The van der Waals surface area contributed by atoms with E-state index in [0.29, 0.717) is 18.0 Å². The fraction of sp³-hybridized carbons (Fsp3) is 0.238. The van der Waals surface area contributed by atoms with Gasteiger partial charge in [0.15, 0.2) is 0 Å². The average molecular weight is 408 g/mol. The second-order valence-electron chi connectivity index (χ2n) is 6.87. The quantitative estimate of drug-likeness (QED) is 0.645. The van der Waals surface area contributed by atoms with Crippen LogP contribution in [0.5, 0.6) is 0 Å². The summed E-state index contributed by atoms with van der Waals surface area (Å²) in [5.41, 5.74) is 2.35. The minimum Gasteiger partial charge on any atom is -0.407 e. The van der Waals surface area contributed by atoms with Gasteiger partial charge in [0.1, 0.15) is 0 Å². The van der Waals surface area contributed by atoms with E-state index in [1.165, 1.54) is 0 Å². The molecule has 7 nitrogen and oxygen atoms in total. The number of anilines is 2. The molecule has 1 fully saturated rings. The van der Waals surface area contributed by atoms with Gasteiger partial charge in [-0.1, -0.05) is 22.8 Å². The zero-order valence-electron chi connectivity index (χ0n) is 16.1. The Labute approximate surface area is 172 Å². The van der Waals surface area contributed by atoms with Crippen LogP contribution >= 0.6 is 11.8 Å². The summed E-state index contributed by atoms with van der Waals surface area (Å²) in [6.45, 7) is 2.38. The topological polar surface area (TPSA) is 88.3 Å². The van der Waals surface area contributed by atoms with E-state index < -0.39 is 0 Å². The average Bonchev–Trinajstić information content (AvgIpc) is 3.34. The number of aryl methyl sites for hydroxylation is 1. The lowest BCUT2D eigenvalue weighted by molar-refractivity contribution is -0.117. The molecule has 0 aliphatic carbocycles. The highest BCUT2D eigenvalue weighted by molar-refractivity contribution is 7.98. The van der Waals surface area contributed by atoms with Crippen LogP contribution in [0.25, 0.3) is 0 Å². The molecule has 1 aliphatic heterocycles. The Morgan fingerprint density at radius 2 is 2.00 bits per heavy atom. The van der Waals surface area contributed by atoms with Crippen LogP contribution in [0.1, 0.15) is 34.2 Å². The van der Waals surface area contributed by atoms with Crippen molar-refractivity contribution >= 4 is 35.3 Å². The lowest BCUT2D eigenvalue weighted by Crippen LogP contribution is -2.24. The predicted octanol–water partition coefficient (Wildman–Crippen LogP) is 3.87. The van der Waals surface area contributed by atoms with Gasteiger partial charge in [-0.25, -0.2) is 0 Å². The monoisotopic (exact) mass is 408 g/mol. The Morgan fingerprint density at radius 1 is 1.21 bits per heavy atom. The first-order valence-corrected chi connectivity index (χ1v) is 10.4. The van der Waals surface area contributed by atoms with E-state index in [2.05, 4.69) is 15.5 Å². The number of benzene rings is 2. The van der Waals surface area contributed by atoms with Crippen LogP contribution in [0.2, 0.25) is 0 Å². The van der Waals surface area contributed by atoms with Crippen LogP contribution in [0, 0.1) is 6.92 Å². The third kappa shape index (κ3) is 4.17. The SMILES string of the molecule is CSc1ccc(N2C[C@H](c3nnc(NC(=O)c4cccc(C)c4)o3)CC2=O)cc1. The molecule has 4 rings (SSSR count). The van der Waals surface area contributed by atoms with Gasteiger partial charge in [0, 0.05) is 29.1 Å². The molecule has 1 saturated heterocycles. The van der Waals surface area contributed by atoms with E-state index in [1.807, 2.05) is 49.6 Å². The van der Waals surface area contributed by atoms with Gasteiger partial charge in [0.05, 0.1) is 5.92 Å². The highest BCUT2D eigenvalue weighted by atomic mass is 32.2. The van der Waals surface area contributed by atoms with Crippen LogP contribution in [-0.4, -0.2) is 34.8 Å². The molecule has 1 atom stereocenters. The van der Waals surface area contributed by atoms with Crippen molar-refractivity contribution in [3.63, 3.8) is 0 Å². The smallest absolute Gasteiger partial charge is 0.322 e. The number of carbonyl (C=O) groups excluding carboxylic acids is 2. The number of amides is 2. The van der Waals surface area contributed by atoms with Crippen LogP contribution in [0.15, 0.2) is 57.8 Å². The molecule has 0 spiro atoms. The third-order valence-electron chi connectivity index (χ3n) is 4.80. The van der Waals surface area contributed by atoms with E-state index >= 15 is 0 Å². The maximum atomic E-state index is 12.5. The van der Waals surface area contributed by atoms with Crippen molar-refractivity contribution in [3.8, 4) is 0 Å². The summed E-state index contributed by atoms with van der Waals surface area (Å²) < 4.78 is 5.62. The first-order chi connectivity index (χ1) is 14.0. The third-order valence-corrected chi connectivity index (χ3v) is 5.54. The predicted molar refractivity (Wildman–Crippen MR) is 111 cm³/mol. The van der Waals surface area contributed by atoms with E-state index in [1.54, 1.807) is 28.8 Å². The standard InChI is InChI=1S/C21H20N4O3S/c1-13-4-3-5-14(10-13)19(27)22-21-24-23-20(28-21)15-11-18(26)25(12-15)16-6-8-17(29-2)9-7-16/h3-10,15H,11-12H2,1-2H3,(H,22,24,27)/t15-/m1/s1. The molecule has 1 aromatic heterocycles. The molecule has 2 aromatic carbocycles. The Balaban J connectivity index is 1.44. The summed E-state index contributed by atoms with van der Waals surface area (Å²) in [4.78, 5) is 27.7. The van der Waals surface area contributed by atoms with Gasteiger partial charge in [0.2, 0.25) is 11.8 Å². The van der Waals surface area contributed by atoms with Crippen LogP contribution in [0.3, 0.4) is 0 Å². The van der Waals surface area contributed by atoms with Gasteiger partial charge in [0.25, 0.3) is 5.91 Å². The molecule has 2 amide bonds. The Hall–Kier alpha value is -3.13. The van der Waals surface area contributed by atoms with Crippen molar-refractivity contribution in [1.29, 1.82) is 0 Å². The molecular weight excluding hydrogens is 388 g/mol. The lowest BCUT2D eigenvalue weighted by atomic mass is 10.1. The largest absolute Gasteiger partial charge is 0.407 e. The van der Waals surface area contributed by atoms with E-state index in [-0.39, 0.29) is 30.2 Å². The molecule has 148 valence electrons. The van der Waals surface area contributed by atoms with Gasteiger partial charge in [-0.2, -0.15) is 0 Å². The Morgan fingerprint density at radius 3 is 2.72 bits per heavy atom. The van der Waals surface area contributed by atoms with E-state index in [0.717, 1.165) is 16.1 Å². The molecular formula is C21H20N4O3S. The van der Waals surface area contributed by atoms with Gasteiger partial charge < -0.3 is 9.32 Å². The van der Waals surface area contributed by atoms with Gasteiger partial charge >= 0.3 is 6.01 Å². The van der Waals surface area contributed by atoms with Crippen molar-refractivity contribution < 1.29 is 14.0 Å². The van der Waals surface area contributed by atoms with Crippen LogP contribution < -0.4 is 10.2 Å². The van der Waals surface area contributed by atoms with Crippen molar-refractivity contribution in [2.24, 2.45) is 0 Å². The summed E-state index contributed by atoms with van der Waals surface area (Å²) in [6, 6.07) is 15.1. The zero-order chi connectivity index (χ0) is 20.4. The number of hydrogen-bond donors (Lipinski definition) is 1. The van der Waals surface area contributed by atoms with Gasteiger partial charge in [-0.3, -0.25) is 14.9 Å². The normalized spacial score (nSPS) is 16.3. The molecule has 2 heterocycles. The number of aromatic nitrogens is 2. The molecule has 0 radical (unpaired) electrons. The second-order valence-corrected chi connectivity index (χ2v) is 7.75. The Kier molecular flexibility index (Phi) is 5.35. The molecule has 0 bridgehead atoms. The van der Waals surface area contributed by atoms with Gasteiger partial charge in [-0.15, -0.1) is 16.9 Å². The van der Waals surface area contributed by atoms with E-state index in [9.17, 15) is 9.59 Å². The second kappa shape index (κ2) is 8.08. The van der Waals surface area contributed by atoms with Crippen LogP contribution in [-0.2, 0) is 4.79 Å². The number of hydrogen-bond acceptors (Lipinski definition) is 6. The molecule has 3 aromatic rings. The number of thioether (sulfide) groups is 1. The van der Waals surface area contributed by atoms with Crippen molar-refractivity contribution in [3.05, 3.63) is 65.5 Å². The number of nitrogens with one attached hydrogen (secondary N) is 1. The zero-order valence-corrected chi connectivity index (χ0v) is 16.9. The lowest BCUT2D eigenvalue weighted by Gasteiger charge is -2.16. The highest BCUT2D eigenvalue weighted by Crippen LogP contribution is 2.32. The number of carbonyl (C=O) groups is 2. The Bertz CT molecular complexity index is 1050. The summed E-state index contributed by atoms with van der Waals surface area (Å²) in [6.07, 6.45) is 2.30. The van der Waals surface area contributed by atoms with E-state index in [4.69, 9.17) is 4.42 Å². The molecule has 1 N–H and O–H groups in total.